The van der Waals surface area contributed by atoms with Gasteiger partial charge in [-0.25, -0.2) is 4.39 Å². The van der Waals surface area contributed by atoms with Crippen LogP contribution in [0.3, 0.4) is 0 Å². The summed E-state index contributed by atoms with van der Waals surface area (Å²) in [5, 5.41) is 3.41. The highest BCUT2D eigenvalue weighted by Gasteiger charge is 2.31. The Morgan fingerprint density at radius 3 is 2.38 bits per heavy atom. The number of halogens is 3. The van der Waals surface area contributed by atoms with E-state index >= 15 is 0 Å². The van der Waals surface area contributed by atoms with Crippen molar-refractivity contribution in [1.29, 1.82) is 0 Å². The third-order valence-corrected chi connectivity index (χ3v) is 4.58. The molecule has 2 fully saturated rings. The van der Waals surface area contributed by atoms with Gasteiger partial charge >= 0.3 is 0 Å². The van der Waals surface area contributed by atoms with Gasteiger partial charge in [0.1, 0.15) is 5.82 Å². The van der Waals surface area contributed by atoms with Crippen molar-refractivity contribution >= 4 is 24.8 Å². The van der Waals surface area contributed by atoms with E-state index in [0.717, 1.165) is 26.2 Å². The van der Waals surface area contributed by atoms with Crippen molar-refractivity contribution in [3.8, 4) is 0 Å². The van der Waals surface area contributed by atoms with Gasteiger partial charge in [-0.05, 0) is 36.5 Å². The number of rotatable bonds is 3. The minimum Gasteiger partial charge on any atom is -0.314 e. The lowest BCUT2D eigenvalue weighted by Gasteiger charge is -2.38. The zero-order valence-corrected chi connectivity index (χ0v) is 13.9. The standard InChI is InChI=1S/C16H23FN2.2ClH/c17-15-7-3-6-14(12-15)16(13-4-1-2-5-13)19-10-8-18-9-11-19;;/h3,6-7,12-13,16,18H,1-2,4-5,8-11H2;2*1H/t16-;;/m1../s1. The van der Waals surface area contributed by atoms with Gasteiger partial charge in [0.25, 0.3) is 0 Å². The fourth-order valence-corrected chi connectivity index (χ4v) is 3.71. The van der Waals surface area contributed by atoms with Crippen LogP contribution in [0.5, 0.6) is 0 Å². The highest BCUT2D eigenvalue weighted by Crippen LogP contribution is 2.39. The summed E-state index contributed by atoms with van der Waals surface area (Å²) < 4.78 is 13.6. The molecule has 1 aliphatic carbocycles. The van der Waals surface area contributed by atoms with E-state index in [4.69, 9.17) is 0 Å². The van der Waals surface area contributed by atoms with E-state index in [1.54, 1.807) is 12.1 Å². The molecule has 0 amide bonds. The van der Waals surface area contributed by atoms with E-state index in [1.807, 2.05) is 6.07 Å². The molecule has 1 aliphatic heterocycles. The molecule has 2 nitrogen and oxygen atoms in total. The van der Waals surface area contributed by atoms with Gasteiger partial charge in [-0.1, -0.05) is 25.0 Å². The molecular weight excluding hydrogens is 310 g/mol. The summed E-state index contributed by atoms with van der Waals surface area (Å²) in [6.07, 6.45) is 5.27. The molecule has 0 bridgehead atoms. The number of nitrogens with one attached hydrogen (secondary N) is 1. The summed E-state index contributed by atoms with van der Waals surface area (Å²) in [5.41, 5.74) is 1.17. The first kappa shape index (κ1) is 18.7. The molecule has 0 spiro atoms. The monoisotopic (exact) mass is 334 g/mol. The van der Waals surface area contributed by atoms with E-state index in [9.17, 15) is 4.39 Å². The number of hydrogen-bond acceptors (Lipinski definition) is 2. The van der Waals surface area contributed by atoms with Crippen LogP contribution in [0.2, 0.25) is 0 Å². The molecule has 0 unspecified atom stereocenters. The molecule has 1 saturated heterocycles. The van der Waals surface area contributed by atoms with Crippen molar-refractivity contribution in [3.05, 3.63) is 35.6 Å². The molecule has 1 saturated carbocycles. The highest BCUT2D eigenvalue weighted by atomic mass is 35.5. The maximum Gasteiger partial charge on any atom is 0.123 e. The van der Waals surface area contributed by atoms with E-state index < -0.39 is 0 Å². The van der Waals surface area contributed by atoms with Crippen molar-refractivity contribution in [2.75, 3.05) is 26.2 Å². The van der Waals surface area contributed by atoms with Crippen LogP contribution in [0.4, 0.5) is 4.39 Å². The third-order valence-electron chi connectivity index (χ3n) is 4.58. The predicted octanol–water partition coefficient (Wildman–Crippen LogP) is 3.81. The van der Waals surface area contributed by atoms with Gasteiger partial charge in [-0.3, -0.25) is 4.90 Å². The van der Waals surface area contributed by atoms with Crippen LogP contribution in [0.1, 0.15) is 37.3 Å². The average molecular weight is 335 g/mol. The number of piperazine rings is 1. The lowest BCUT2D eigenvalue weighted by Crippen LogP contribution is -2.46. The Morgan fingerprint density at radius 2 is 1.76 bits per heavy atom. The van der Waals surface area contributed by atoms with Gasteiger partial charge in [0, 0.05) is 32.2 Å². The smallest absolute Gasteiger partial charge is 0.123 e. The highest BCUT2D eigenvalue weighted by molar-refractivity contribution is 5.85. The summed E-state index contributed by atoms with van der Waals surface area (Å²) >= 11 is 0. The molecule has 1 heterocycles. The predicted molar refractivity (Wildman–Crippen MR) is 90.0 cm³/mol. The van der Waals surface area contributed by atoms with Crippen molar-refractivity contribution < 1.29 is 4.39 Å². The Hall–Kier alpha value is -0.350. The number of nitrogens with zero attached hydrogens (tertiary/aromatic N) is 1. The lowest BCUT2D eigenvalue weighted by molar-refractivity contribution is 0.125. The fourth-order valence-electron chi connectivity index (χ4n) is 3.71. The van der Waals surface area contributed by atoms with Gasteiger partial charge in [0.05, 0.1) is 0 Å². The number of hydrogen-bond donors (Lipinski definition) is 1. The summed E-state index contributed by atoms with van der Waals surface area (Å²) in [7, 11) is 0. The van der Waals surface area contributed by atoms with Crippen LogP contribution in [-0.4, -0.2) is 31.1 Å². The molecule has 120 valence electrons. The van der Waals surface area contributed by atoms with Gasteiger partial charge in [-0.2, -0.15) is 0 Å². The third kappa shape index (κ3) is 4.56. The Kier molecular flexibility index (Phi) is 7.96. The normalized spacial score (nSPS) is 21.4. The van der Waals surface area contributed by atoms with Crippen molar-refractivity contribution in [2.24, 2.45) is 5.92 Å². The average Bonchev–Trinajstić information content (AvgIpc) is 2.94. The molecule has 2 aliphatic rings. The van der Waals surface area contributed by atoms with Gasteiger partial charge in [0.15, 0.2) is 0 Å². The molecule has 21 heavy (non-hydrogen) atoms. The zero-order chi connectivity index (χ0) is 13.1. The lowest BCUT2D eigenvalue weighted by atomic mass is 9.89. The summed E-state index contributed by atoms with van der Waals surface area (Å²) in [5.74, 6) is 0.607. The second kappa shape index (κ2) is 8.94. The Balaban J connectivity index is 0.00000110. The van der Waals surface area contributed by atoms with E-state index in [1.165, 1.54) is 31.2 Å². The minimum atomic E-state index is -0.101. The Morgan fingerprint density at radius 1 is 1.10 bits per heavy atom. The van der Waals surface area contributed by atoms with Crippen LogP contribution in [-0.2, 0) is 0 Å². The number of benzene rings is 1. The minimum absolute atomic E-state index is 0. The molecule has 1 atom stereocenters. The van der Waals surface area contributed by atoms with Gasteiger partial charge < -0.3 is 5.32 Å². The van der Waals surface area contributed by atoms with Gasteiger partial charge in [-0.15, -0.1) is 24.8 Å². The molecule has 5 heteroatoms. The first-order valence-corrected chi connectivity index (χ1v) is 7.55. The molecule has 3 rings (SSSR count). The zero-order valence-electron chi connectivity index (χ0n) is 12.3. The van der Waals surface area contributed by atoms with E-state index in [2.05, 4.69) is 16.3 Å². The Bertz CT molecular complexity index is 418. The topological polar surface area (TPSA) is 15.3 Å². The van der Waals surface area contributed by atoms with Crippen LogP contribution < -0.4 is 5.32 Å². The van der Waals surface area contributed by atoms with Crippen molar-refractivity contribution in [3.63, 3.8) is 0 Å². The van der Waals surface area contributed by atoms with Crippen LogP contribution >= 0.6 is 24.8 Å². The van der Waals surface area contributed by atoms with Crippen molar-refractivity contribution in [1.82, 2.24) is 10.2 Å². The van der Waals surface area contributed by atoms with Gasteiger partial charge in [0.2, 0.25) is 0 Å². The van der Waals surface area contributed by atoms with E-state index in [0.29, 0.717) is 12.0 Å². The second-order valence-corrected chi connectivity index (χ2v) is 5.83. The molecule has 0 aromatic heterocycles. The first-order chi connectivity index (χ1) is 9.34. The molecule has 1 aromatic rings. The molecule has 1 aromatic carbocycles. The Labute approximate surface area is 139 Å². The summed E-state index contributed by atoms with van der Waals surface area (Å²) in [6, 6.07) is 7.67. The van der Waals surface area contributed by atoms with Crippen LogP contribution in [0.25, 0.3) is 0 Å². The van der Waals surface area contributed by atoms with Crippen LogP contribution in [0, 0.1) is 11.7 Å². The summed E-state index contributed by atoms with van der Waals surface area (Å²) in [6.45, 7) is 4.27. The van der Waals surface area contributed by atoms with Crippen molar-refractivity contribution in [2.45, 2.75) is 31.7 Å². The SMILES string of the molecule is Cl.Cl.Fc1cccc([C@@H](C2CCCC2)N2CCNCC2)c1. The largest absolute Gasteiger partial charge is 0.314 e. The van der Waals surface area contributed by atoms with E-state index in [-0.39, 0.29) is 30.6 Å². The molecule has 1 N–H and O–H groups in total. The quantitative estimate of drug-likeness (QED) is 0.904. The molecule has 0 radical (unpaired) electrons. The fraction of sp³-hybridized carbons (Fsp3) is 0.625. The van der Waals surface area contributed by atoms with Crippen LogP contribution in [0.15, 0.2) is 24.3 Å². The maximum absolute atomic E-state index is 13.6. The first-order valence-electron chi connectivity index (χ1n) is 7.55. The molecular formula is C16H25Cl2FN2. The maximum atomic E-state index is 13.6. The summed E-state index contributed by atoms with van der Waals surface area (Å²) in [4.78, 5) is 2.56. The second-order valence-electron chi connectivity index (χ2n) is 5.83.